The molecule has 0 fully saturated rings. The van der Waals surface area contributed by atoms with E-state index in [1.807, 2.05) is 6.92 Å². The molecule has 1 aromatic heterocycles. The Morgan fingerprint density at radius 1 is 1.23 bits per heavy atom. The van der Waals surface area contributed by atoms with Gasteiger partial charge in [-0.3, -0.25) is 14.2 Å². The Kier molecular flexibility index (Phi) is 7.53. The second-order valence-electron chi connectivity index (χ2n) is 6.34. The number of amides is 1. The first kappa shape index (κ1) is 21.9. The summed E-state index contributed by atoms with van der Waals surface area (Å²) in [5.41, 5.74) is -0.189. The van der Waals surface area contributed by atoms with E-state index in [1.165, 1.54) is 6.07 Å². The number of halogens is 2. The first-order chi connectivity index (χ1) is 14.5. The van der Waals surface area contributed by atoms with Gasteiger partial charge in [-0.25, -0.2) is 13.8 Å². The van der Waals surface area contributed by atoms with Crippen LogP contribution in [0.1, 0.15) is 13.3 Å². The standard InChI is InChI=1S/C21H21F2N3O3S/c1-2-29-11-5-10-24-19(27)13-30-21-25-17-7-4-3-6-15(17)20(28)26(21)18-9-8-14(22)12-16(18)23/h3-4,6-9,12H,2,5,10-11,13H2,1H3,(H,24,27). The molecular formula is C21H21F2N3O3S. The van der Waals surface area contributed by atoms with Crippen molar-refractivity contribution in [1.29, 1.82) is 0 Å². The second kappa shape index (κ2) is 10.3. The van der Waals surface area contributed by atoms with Crippen LogP contribution in [0.4, 0.5) is 8.78 Å². The number of rotatable bonds is 9. The zero-order valence-electron chi connectivity index (χ0n) is 16.4. The zero-order chi connectivity index (χ0) is 21.5. The van der Waals surface area contributed by atoms with Crippen LogP contribution in [-0.2, 0) is 9.53 Å². The van der Waals surface area contributed by atoms with Crippen LogP contribution in [0.25, 0.3) is 16.6 Å². The number of nitrogens with one attached hydrogen (secondary N) is 1. The van der Waals surface area contributed by atoms with Gasteiger partial charge in [0.1, 0.15) is 11.6 Å². The van der Waals surface area contributed by atoms with Gasteiger partial charge >= 0.3 is 0 Å². The van der Waals surface area contributed by atoms with E-state index in [0.29, 0.717) is 43.1 Å². The number of hydrogen-bond acceptors (Lipinski definition) is 5. The summed E-state index contributed by atoms with van der Waals surface area (Å²) in [5, 5.41) is 3.21. The molecule has 6 nitrogen and oxygen atoms in total. The van der Waals surface area contributed by atoms with Crippen molar-refractivity contribution in [3.63, 3.8) is 0 Å². The highest BCUT2D eigenvalue weighted by molar-refractivity contribution is 7.99. The molecule has 0 spiro atoms. The number of aromatic nitrogens is 2. The fourth-order valence-electron chi connectivity index (χ4n) is 2.81. The molecule has 0 atom stereocenters. The first-order valence-electron chi connectivity index (χ1n) is 9.45. The molecular weight excluding hydrogens is 412 g/mol. The highest BCUT2D eigenvalue weighted by atomic mass is 32.2. The number of carbonyl (C=O) groups excluding carboxylic acids is 1. The number of thioether (sulfide) groups is 1. The van der Waals surface area contributed by atoms with Crippen molar-refractivity contribution >= 4 is 28.6 Å². The average Bonchev–Trinajstić information content (AvgIpc) is 2.73. The van der Waals surface area contributed by atoms with Crippen molar-refractivity contribution in [1.82, 2.24) is 14.9 Å². The molecule has 3 aromatic rings. The molecule has 0 saturated heterocycles. The lowest BCUT2D eigenvalue weighted by atomic mass is 10.2. The van der Waals surface area contributed by atoms with Crippen molar-refractivity contribution in [2.75, 3.05) is 25.5 Å². The van der Waals surface area contributed by atoms with Gasteiger partial charge in [-0.2, -0.15) is 0 Å². The van der Waals surface area contributed by atoms with E-state index in [4.69, 9.17) is 4.74 Å². The van der Waals surface area contributed by atoms with Gasteiger partial charge in [0.15, 0.2) is 5.16 Å². The van der Waals surface area contributed by atoms with Crippen molar-refractivity contribution in [2.45, 2.75) is 18.5 Å². The summed E-state index contributed by atoms with van der Waals surface area (Å²) in [4.78, 5) is 29.6. The minimum atomic E-state index is -0.892. The lowest BCUT2D eigenvalue weighted by Gasteiger charge is -2.14. The third-order valence-corrected chi connectivity index (χ3v) is 5.16. The van der Waals surface area contributed by atoms with Gasteiger partial charge in [0.05, 0.1) is 22.3 Å². The van der Waals surface area contributed by atoms with Crippen LogP contribution in [0.3, 0.4) is 0 Å². The van der Waals surface area contributed by atoms with Gasteiger partial charge in [0, 0.05) is 25.8 Å². The lowest BCUT2D eigenvalue weighted by Crippen LogP contribution is -2.28. The van der Waals surface area contributed by atoms with Crippen LogP contribution in [0.5, 0.6) is 0 Å². The second-order valence-corrected chi connectivity index (χ2v) is 7.28. The highest BCUT2D eigenvalue weighted by Crippen LogP contribution is 2.23. The Morgan fingerprint density at radius 3 is 2.80 bits per heavy atom. The number of benzene rings is 2. The normalized spacial score (nSPS) is 11.0. The average molecular weight is 433 g/mol. The van der Waals surface area contributed by atoms with Crippen LogP contribution in [-0.4, -0.2) is 41.0 Å². The topological polar surface area (TPSA) is 73.2 Å². The van der Waals surface area contributed by atoms with E-state index in [2.05, 4.69) is 10.3 Å². The summed E-state index contributed by atoms with van der Waals surface area (Å²) in [6, 6.07) is 9.62. The lowest BCUT2D eigenvalue weighted by molar-refractivity contribution is -0.118. The SMILES string of the molecule is CCOCCCNC(=O)CSc1nc2ccccc2c(=O)n1-c1ccc(F)cc1F. The Bertz CT molecular complexity index is 1100. The van der Waals surface area contributed by atoms with Crippen molar-refractivity contribution in [2.24, 2.45) is 0 Å². The number of para-hydroxylation sites is 1. The maximum atomic E-state index is 14.4. The summed E-state index contributed by atoms with van der Waals surface area (Å²) in [6.45, 7) is 3.54. The molecule has 0 radical (unpaired) electrons. The smallest absolute Gasteiger partial charge is 0.266 e. The number of carbonyl (C=O) groups is 1. The van der Waals surface area contributed by atoms with Crippen molar-refractivity contribution in [3.05, 3.63) is 64.5 Å². The summed E-state index contributed by atoms with van der Waals surface area (Å²) in [5.74, 6) is -1.90. The number of fused-ring (bicyclic) bond motifs is 1. The van der Waals surface area contributed by atoms with Crippen molar-refractivity contribution < 1.29 is 18.3 Å². The van der Waals surface area contributed by atoms with Crippen LogP contribution >= 0.6 is 11.8 Å². The van der Waals surface area contributed by atoms with Gasteiger partial charge in [-0.05, 0) is 37.6 Å². The molecule has 0 aliphatic heterocycles. The van der Waals surface area contributed by atoms with E-state index < -0.39 is 17.2 Å². The molecule has 0 unspecified atom stereocenters. The molecule has 158 valence electrons. The molecule has 0 aliphatic rings. The number of ether oxygens (including phenoxy) is 1. The van der Waals surface area contributed by atoms with Gasteiger partial charge in [-0.1, -0.05) is 23.9 Å². The predicted octanol–water partition coefficient (Wildman–Crippen LogP) is 3.30. The Morgan fingerprint density at radius 2 is 2.03 bits per heavy atom. The van der Waals surface area contributed by atoms with Crippen molar-refractivity contribution in [3.8, 4) is 5.69 Å². The summed E-state index contributed by atoms with van der Waals surface area (Å²) >= 11 is 1.01. The van der Waals surface area contributed by atoms with E-state index >= 15 is 0 Å². The fourth-order valence-corrected chi connectivity index (χ4v) is 3.65. The monoisotopic (exact) mass is 433 g/mol. The van der Waals surface area contributed by atoms with Gasteiger partial charge in [0.2, 0.25) is 5.91 Å². The largest absolute Gasteiger partial charge is 0.382 e. The maximum absolute atomic E-state index is 14.4. The van der Waals surface area contributed by atoms with Crippen LogP contribution in [0.15, 0.2) is 52.4 Å². The molecule has 3 rings (SSSR count). The summed E-state index contributed by atoms with van der Waals surface area (Å²) in [6.07, 6.45) is 0.684. The van der Waals surface area contributed by atoms with Gasteiger partial charge in [0.25, 0.3) is 5.56 Å². The van der Waals surface area contributed by atoms with Crippen LogP contribution in [0, 0.1) is 11.6 Å². The number of nitrogens with zero attached hydrogens (tertiary/aromatic N) is 2. The molecule has 1 heterocycles. The molecule has 1 N–H and O–H groups in total. The van der Waals surface area contributed by atoms with E-state index in [0.717, 1.165) is 22.4 Å². The quantitative estimate of drug-likeness (QED) is 0.319. The predicted molar refractivity (Wildman–Crippen MR) is 112 cm³/mol. The molecule has 1 amide bonds. The fraction of sp³-hybridized carbons (Fsp3) is 0.286. The molecule has 30 heavy (non-hydrogen) atoms. The van der Waals surface area contributed by atoms with Crippen LogP contribution in [0.2, 0.25) is 0 Å². The first-order valence-corrected chi connectivity index (χ1v) is 10.4. The molecule has 2 aromatic carbocycles. The van der Waals surface area contributed by atoms with E-state index in [1.54, 1.807) is 24.3 Å². The molecule has 0 saturated carbocycles. The number of hydrogen-bond donors (Lipinski definition) is 1. The molecule has 0 aliphatic carbocycles. The molecule has 0 bridgehead atoms. The summed E-state index contributed by atoms with van der Waals surface area (Å²) in [7, 11) is 0. The van der Waals surface area contributed by atoms with E-state index in [9.17, 15) is 18.4 Å². The summed E-state index contributed by atoms with van der Waals surface area (Å²) < 4.78 is 34.1. The molecule has 9 heteroatoms. The minimum Gasteiger partial charge on any atom is -0.382 e. The Balaban J connectivity index is 1.88. The van der Waals surface area contributed by atoms with Crippen LogP contribution < -0.4 is 10.9 Å². The minimum absolute atomic E-state index is 0.0117. The zero-order valence-corrected chi connectivity index (χ0v) is 17.2. The Labute approximate surface area is 176 Å². The van der Waals surface area contributed by atoms with Gasteiger partial charge in [-0.15, -0.1) is 0 Å². The van der Waals surface area contributed by atoms with E-state index in [-0.39, 0.29) is 22.5 Å². The Hall–Kier alpha value is -2.78. The highest BCUT2D eigenvalue weighted by Gasteiger charge is 2.17. The maximum Gasteiger partial charge on any atom is 0.266 e. The third kappa shape index (κ3) is 5.22. The van der Waals surface area contributed by atoms with Gasteiger partial charge < -0.3 is 10.1 Å². The third-order valence-electron chi connectivity index (χ3n) is 4.22.